The third-order valence-electron chi connectivity index (χ3n) is 8.43. The van der Waals surface area contributed by atoms with E-state index in [-0.39, 0.29) is 5.43 Å². The zero-order valence-electron chi connectivity index (χ0n) is 32.2. The predicted molar refractivity (Wildman–Crippen MR) is 252 cm³/mol. The van der Waals surface area contributed by atoms with Gasteiger partial charge in [0.05, 0.1) is 11.1 Å². The average molecular weight is 934 g/mol. The molecule has 8 heteroatoms. The Bertz CT molecular complexity index is 2150. The van der Waals surface area contributed by atoms with Gasteiger partial charge in [0, 0.05) is 5.02 Å². The summed E-state index contributed by atoms with van der Waals surface area (Å²) in [6.45, 7) is 6.44. The first-order valence-corrected chi connectivity index (χ1v) is 23.7. The normalized spacial score (nSPS) is 10.1. The van der Waals surface area contributed by atoms with E-state index in [0.29, 0.717) is 10.6 Å². The number of rotatable bonds is 8. The Morgan fingerprint density at radius 2 is 0.814 bits per heavy atom. The SMILES string of the molecule is Cc1c[cH-]c(=O)c(C=Nc2ccc(Cl)cc2)c1.[C-]#[O+].[Cl][Ru+].c1ccc(P(c2ccccc2)c2ccccc2)cc1.c1ccc(P(c2ccccc2)c2ccccc2)cc1. The minimum Gasteiger partial charge on any atom is -0.0622 e. The van der Waals surface area contributed by atoms with Crippen LogP contribution in [-0.2, 0) is 22.0 Å². The Hall–Kier alpha value is -4.97. The third-order valence-corrected chi connectivity index (χ3v) is 13.6. The Kier molecular flexibility index (Phi) is 21.3. The summed E-state index contributed by atoms with van der Waals surface area (Å²) in [5.74, 6) is 0. The van der Waals surface area contributed by atoms with Crippen LogP contribution in [0.25, 0.3) is 0 Å². The zero-order chi connectivity index (χ0) is 42.1. The van der Waals surface area contributed by atoms with Gasteiger partial charge in [0.1, 0.15) is 0 Å². The summed E-state index contributed by atoms with van der Waals surface area (Å²) in [7, 11) is 3.68. The van der Waals surface area contributed by atoms with Crippen molar-refractivity contribution in [1.29, 1.82) is 0 Å². The first-order chi connectivity index (χ1) is 29.0. The van der Waals surface area contributed by atoms with Gasteiger partial charge < -0.3 is 4.79 Å². The molecule has 0 fully saturated rings. The van der Waals surface area contributed by atoms with E-state index in [2.05, 4.69) is 203 Å². The molecule has 0 aliphatic carbocycles. The second-order valence-corrected chi connectivity index (χ2v) is 17.3. The molecular formula is C51H41Cl2NO2P2Ru. The quantitative estimate of drug-likeness (QED) is 0.0492. The van der Waals surface area contributed by atoms with E-state index >= 15 is 0 Å². The van der Waals surface area contributed by atoms with Gasteiger partial charge in [-0.05, 0) is 78.2 Å². The molecule has 0 unspecified atom stereocenters. The standard InChI is InChI=1S/2C18H15P.C14H11ClNO.CO.ClH.Ru/c2*1-4-10-16(11-5-1)19(17-12-6-2-7-13-17)18-14-8-3-9-15-18;1-10-2-7-14(17)11(8-10)9-16-13-5-3-12(15)4-6-13;1-2;;/h2*1-15H;2-9H,1H3;;1H;/q;;-1;;;+2/p-1. The van der Waals surface area contributed by atoms with Crippen LogP contribution in [0.1, 0.15) is 11.1 Å². The van der Waals surface area contributed by atoms with Crippen LogP contribution in [0.5, 0.6) is 0 Å². The molecule has 0 aliphatic heterocycles. The van der Waals surface area contributed by atoms with E-state index in [0.717, 1.165) is 11.3 Å². The largest absolute Gasteiger partial charge is 0.0622 e. The molecule has 0 saturated heterocycles. The number of nitrogens with zero attached hydrogens (tertiary/aromatic N) is 1. The summed E-state index contributed by atoms with van der Waals surface area (Å²) in [6, 6.07) is 77.0. The Balaban J connectivity index is 0.000000188. The molecule has 294 valence electrons. The fraction of sp³-hybridized carbons (Fsp3) is 0.0196. The maximum Gasteiger partial charge on any atom is -0.0134 e. The molecule has 8 rings (SSSR count). The smallest absolute Gasteiger partial charge is 0.0134 e. The van der Waals surface area contributed by atoms with E-state index in [4.69, 9.17) is 16.3 Å². The third kappa shape index (κ3) is 15.3. The molecule has 0 spiro atoms. The van der Waals surface area contributed by atoms with Crippen LogP contribution in [0.3, 0.4) is 0 Å². The number of halogens is 2. The summed E-state index contributed by atoms with van der Waals surface area (Å²) < 4.78 is 7.50. The molecule has 0 saturated carbocycles. The van der Waals surface area contributed by atoms with Crippen molar-refractivity contribution in [3.05, 3.63) is 257 Å². The van der Waals surface area contributed by atoms with E-state index in [1.54, 1.807) is 42.6 Å². The number of aliphatic imine (C=N–C) groups is 1. The van der Waals surface area contributed by atoms with Crippen LogP contribution in [0.15, 0.2) is 234 Å². The molecule has 0 radical (unpaired) electrons. The second-order valence-electron chi connectivity index (χ2n) is 12.5. The van der Waals surface area contributed by atoms with Crippen molar-refractivity contribution in [2.45, 2.75) is 6.92 Å². The molecule has 0 amide bonds. The van der Waals surface area contributed by atoms with Gasteiger partial charge >= 0.3 is 38.3 Å². The minimum absolute atomic E-state index is 0.0201. The number of hydrogen-bond donors (Lipinski definition) is 0. The van der Waals surface area contributed by atoms with Crippen molar-refractivity contribution in [2.75, 3.05) is 0 Å². The van der Waals surface area contributed by atoms with Crippen LogP contribution in [0.2, 0.25) is 5.02 Å². The molecule has 8 aromatic carbocycles. The molecule has 0 N–H and O–H groups in total. The Morgan fingerprint density at radius 3 is 1.10 bits per heavy atom. The predicted octanol–water partition coefficient (Wildman–Crippen LogP) is 11.0. The maximum atomic E-state index is 11.5. The van der Waals surface area contributed by atoms with Crippen LogP contribution < -0.4 is 37.3 Å². The second kappa shape index (κ2) is 26.9. The van der Waals surface area contributed by atoms with Gasteiger partial charge in [0.15, 0.2) is 0 Å². The molecule has 8 aromatic rings. The molecule has 0 heterocycles. The first-order valence-electron chi connectivity index (χ1n) is 18.4. The van der Waals surface area contributed by atoms with Gasteiger partial charge in [-0.3, -0.25) is 4.99 Å². The monoisotopic (exact) mass is 933 g/mol. The van der Waals surface area contributed by atoms with Crippen molar-refractivity contribution in [2.24, 2.45) is 4.99 Å². The molecule has 59 heavy (non-hydrogen) atoms. The van der Waals surface area contributed by atoms with Gasteiger partial charge in [-0.15, -0.1) is 6.07 Å². The fourth-order valence-electron chi connectivity index (χ4n) is 5.80. The fourth-order valence-corrected chi connectivity index (χ4v) is 10.5. The molecule has 0 atom stereocenters. The van der Waals surface area contributed by atoms with Gasteiger partial charge in [0.2, 0.25) is 0 Å². The molecule has 0 aromatic heterocycles. The summed E-state index contributed by atoms with van der Waals surface area (Å²) in [4.78, 5) is 15.8. The molecule has 0 aliphatic rings. The van der Waals surface area contributed by atoms with Crippen LogP contribution in [0.4, 0.5) is 5.69 Å². The van der Waals surface area contributed by atoms with Crippen molar-refractivity contribution < 1.29 is 22.0 Å². The summed E-state index contributed by atoms with van der Waals surface area (Å²) >= 11 is 7.60. The van der Waals surface area contributed by atoms with E-state index < -0.39 is 15.8 Å². The minimum atomic E-state index is -0.446. The zero-order valence-corrected chi connectivity index (χ0v) is 37.2. The van der Waals surface area contributed by atoms with Gasteiger partial charge in [-0.25, -0.2) is 0 Å². The summed E-state index contributed by atoms with van der Waals surface area (Å²) in [5.41, 5.74) is 2.39. The van der Waals surface area contributed by atoms with Crippen molar-refractivity contribution in [3.63, 3.8) is 0 Å². The summed E-state index contributed by atoms with van der Waals surface area (Å²) in [6.07, 6.45) is 1.58. The van der Waals surface area contributed by atoms with E-state index in [9.17, 15) is 4.79 Å². The van der Waals surface area contributed by atoms with Crippen LogP contribution in [-0.4, -0.2) is 6.21 Å². The van der Waals surface area contributed by atoms with Crippen LogP contribution >= 0.6 is 37.1 Å². The Labute approximate surface area is 369 Å². The van der Waals surface area contributed by atoms with Crippen LogP contribution in [0, 0.1) is 13.6 Å². The number of hydrogen-bond acceptors (Lipinski definition) is 2. The number of aryl methyl sites for hydroxylation is 1. The number of benzene rings is 8. The van der Waals surface area contributed by atoms with Gasteiger partial charge in [-0.2, -0.15) is 17.7 Å². The maximum absolute atomic E-state index is 11.5. The first kappa shape index (κ1) is 46.7. The van der Waals surface area contributed by atoms with E-state index in [1.165, 1.54) is 31.8 Å². The molecular weight excluding hydrogens is 892 g/mol. The Morgan fingerprint density at radius 1 is 0.525 bits per heavy atom. The average Bonchev–Trinajstić information content (AvgIpc) is 3.31. The van der Waals surface area contributed by atoms with Gasteiger partial charge in [0.25, 0.3) is 0 Å². The van der Waals surface area contributed by atoms with Gasteiger partial charge in [-0.1, -0.05) is 206 Å². The topological polar surface area (TPSA) is 49.3 Å². The van der Waals surface area contributed by atoms with Crippen molar-refractivity contribution >= 4 is 80.9 Å². The van der Waals surface area contributed by atoms with E-state index in [1.807, 2.05) is 30.3 Å². The summed E-state index contributed by atoms with van der Waals surface area (Å²) in [5, 5.41) is 9.06. The van der Waals surface area contributed by atoms with Crippen molar-refractivity contribution in [1.82, 2.24) is 0 Å². The molecule has 0 bridgehead atoms. The molecule has 3 nitrogen and oxygen atoms in total. The van der Waals surface area contributed by atoms with Crippen molar-refractivity contribution in [3.8, 4) is 0 Å².